The second-order valence-corrected chi connectivity index (χ2v) is 4.78. The van der Waals surface area contributed by atoms with Crippen molar-refractivity contribution < 1.29 is 5.11 Å². The highest BCUT2D eigenvalue weighted by molar-refractivity contribution is 7.98. The molecule has 1 aromatic carbocycles. The molecule has 18 heavy (non-hydrogen) atoms. The summed E-state index contributed by atoms with van der Waals surface area (Å²) >= 11 is 1.41. The van der Waals surface area contributed by atoms with Crippen LogP contribution in [0.2, 0.25) is 0 Å². The molecule has 4 nitrogen and oxygen atoms in total. The van der Waals surface area contributed by atoms with Gasteiger partial charge in [-0.25, -0.2) is 4.98 Å². The number of hydrogen-bond acceptors (Lipinski definition) is 4. The summed E-state index contributed by atoms with van der Waals surface area (Å²) in [6.45, 7) is 1.84. The van der Waals surface area contributed by atoms with Crippen LogP contribution in [0.3, 0.4) is 0 Å². The molecule has 0 fully saturated rings. The number of nitrogens with zero attached hydrogens (tertiary/aromatic N) is 1. The van der Waals surface area contributed by atoms with E-state index in [9.17, 15) is 9.90 Å². The Bertz CT molecular complexity index is 605. The Morgan fingerprint density at radius 2 is 2.00 bits per heavy atom. The molecular formula is C13H14N2O2S. The van der Waals surface area contributed by atoms with Crippen LogP contribution < -0.4 is 5.56 Å². The number of aromatic hydroxyl groups is 1. The first-order valence-corrected chi connectivity index (χ1v) is 6.74. The average molecular weight is 262 g/mol. The van der Waals surface area contributed by atoms with E-state index in [1.807, 2.05) is 13.2 Å². The third-order valence-corrected chi connectivity index (χ3v) is 3.29. The second kappa shape index (κ2) is 5.27. The molecule has 0 saturated carbocycles. The van der Waals surface area contributed by atoms with Crippen LogP contribution in [0, 0.1) is 6.92 Å². The van der Waals surface area contributed by atoms with Crippen LogP contribution in [0.15, 0.2) is 34.2 Å². The Morgan fingerprint density at radius 3 is 2.56 bits per heavy atom. The van der Waals surface area contributed by atoms with E-state index in [0.717, 1.165) is 11.3 Å². The molecule has 0 unspecified atom stereocenters. The van der Waals surface area contributed by atoms with Crippen molar-refractivity contribution in [3.05, 3.63) is 51.4 Å². The van der Waals surface area contributed by atoms with E-state index in [4.69, 9.17) is 0 Å². The number of phenolic OH excluding ortho intramolecular Hbond substituents is 1. The zero-order chi connectivity index (χ0) is 13.1. The third-order valence-electron chi connectivity index (χ3n) is 2.71. The van der Waals surface area contributed by atoms with E-state index in [0.29, 0.717) is 17.1 Å². The van der Waals surface area contributed by atoms with Crippen molar-refractivity contribution in [3.8, 4) is 5.75 Å². The van der Waals surface area contributed by atoms with Gasteiger partial charge in [-0.15, -0.1) is 0 Å². The number of rotatable bonds is 3. The highest BCUT2D eigenvalue weighted by atomic mass is 32.2. The second-order valence-electron chi connectivity index (χ2n) is 3.98. The summed E-state index contributed by atoms with van der Waals surface area (Å²) in [4.78, 5) is 19.0. The van der Waals surface area contributed by atoms with E-state index in [1.165, 1.54) is 11.8 Å². The minimum atomic E-state index is -0.0973. The van der Waals surface area contributed by atoms with Crippen molar-refractivity contribution in [2.45, 2.75) is 18.5 Å². The van der Waals surface area contributed by atoms with Crippen LogP contribution in [0.1, 0.15) is 16.8 Å². The number of nitrogens with one attached hydrogen (secondary N) is 1. The summed E-state index contributed by atoms with van der Waals surface area (Å²) in [5, 5.41) is 9.85. The number of aromatic amines is 1. The quantitative estimate of drug-likeness (QED) is 0.656. The van der Waals surface area contributed by atoms with Gasteiger partial charge in [-0.1, -0.05) is 23.9 Å². The lowest BCUT2D eigenvalue weighted by Crippen LogP contribution is -2.17. The van der Waals surface area contributed by atoms with Crippen LogP contribution >= 0.6 is 11.8 Å². The summed E-state index contributed by atoms with van der Waals surface area (Å²) in [5.41, 5.74) is 2.29. The lowest BCUT2D eigenvalue weighted by molar-refractivity contribution is 0.475. The van der Waals surface area contributed by atoms with Gasteiger partial charge in [0.2, 0.25) is 0 Å². The van der Waals surface area contributed by atoms with Gasteiger partial charge in [0.1, 0.15) is 5.75 Å². The number of phenols is 1. The maximum absolute atomic E-state index is 11.9. The monoisotopic (exact) mass is 262 g/mol. The maximum Gasteiger partial charge on any atom is 0.255 e. The molecule has 1 aromatic heterocycles. The fourth-order valence-electron chi connectivity index (χ4n) is 1.71. The van der Waals surface area contributed by atoms with Gasteiger partial charge < -0.3 is 10.1 Å². The Morgan fingerprint density at radius 1 is 1.33 bits per heavy atom. The van der Waals surface area contributed by atoms with Crippen molar-refractivity contribution >= 4 is 11.8 Å². The first kappa shape index (κ1) is 12.7. The molecule has 2 aromatic rings. The minimum absolute atomic E-state index is 0.0973. The Hall–Kier alpha value is -1.75. The van der Waals surface area contributed by atoms with E-state index >= 15 is 0 Å². The molecule has 0 aliphatic heterocycles. The van der Waals surface area contributed by atoms with Crippen molar-refractivity contribution in [3.63, 3.8) is 0 Å². The summed E-state index contributed by atoms with van der Waals surface area (Å²) < 4.78 is 0. The Kier molecular flexibility index (Phi) is 3.72. The fourth-order valence-corrected chi connectivity index (χ4v) is 2.13. The first-order valence-electron chi connectivity index (χ1n) is 5.52. The highest BCUT2D eigenvalue weighted by Gasteiger charge is 2.08. The molecule has 2 rings (SSSR count). The zero-order valence-corrected chi connectivity index (χ0v) is 11.0. The van der Waals surface area contributed by atoms with Gasteiger partial charge in [-0.05, 0) is 30.9 Å². The minimum Gasteiger partial charge on any atom is -0.508 e. The van der Waals surface area contributed by atoms with E-state index in [2.05, 4.69) is 9.97 Å². The average Bonchev–Trinajstić information content (AvgIpc) is 2.35. The predicted molar refractivity (Wildman–Crippen MR) is 72.3 cm³/mol. The van der Waals surface area contributed by atoms with Crippen LogP contribution in [0.4, 0.5) is 0 Å². The molecule has 0 atom stereocenters. The number of hydrogen-bond donors (Lipinski definition) is 2. The van der Waals surface area contributed by atoms with Crippen LogP contribution in [-0.2, 0) is 6.42 Å². The molecule has 0 amide bonds. The maximum atomic E-state index is 11.9. The zero-order valence-electron chi connectivity index (χ0n) is 10.2. The van der Waals surface area contributed by atoms with Crippen molar-refractivity contribution in [1.29, 1.82) is 0 Å². The van der Waals surface area contributed by atoms with Gasteiger partial charge in [-0.2, -0.15) is 0 Å². The summed E-state index contributed by atoms with van der Waals surface area (Å²) in [7, 11) is 0. The van der Waals surface area contributed by atoms with Gasteiger partial charge in [0.05, 0.1) is 0 Å². The van der Waals surface area contributed by atoms with Crippen molar-refractivity contribution in [1.82, 2.24) is 9.97 Å². The highest BCUT2D eigenvalue weighted by Crippen LogP contribution is 2.14. The van der Waals surface area contributed by atoms with Gasteiger partial charge >= 0.3 is 0 Å². The van der Waals surface area contributed by atoms with Crippen LogP contribution in [0.5, 0.6) is 5.75 Å². The van der Waals surface area contributed by atoms with E-state index < -0.39 is 0 Å². The normalized spacial score (nSPS) is 10.6. The lowest BCUT2D eigenvalue weighted by Gasteiger charge is -2.06. The molecule has 94 valence electrons. The molecule has 2 N–H and O–H groups in total. The summed E-state index contributed by atoms with van der Waals surface area (Å²) in [6.07, 6.45) is 2.39. The lowest BCUT2D eigenvalue weighted by atomic mass is 10.1. The molecule has 0 aliphatic carbocycles. The van der Waals surface area contributed by atoms with Crippen LogP contribution in [-0.4, -0.2) is 21.3 Å². The van der Waals surface area contributed by atoms with Gasteiger partial charge in [0.25, 0.3) is 5.56 Å². The Labute approximate surface area is 109 Å². The molecule has 0 radical (unpaired) electrons. The molecular weight excluding hydrogens is 248 g/mol. The predicted octanol–water partition coefficient (Wildman–Crippen LogP) is 2.10. The first-order chi connectivity index (χ1) is 8.60. The number of aromatic nitrogens is 2. The third kappa shape index (κ3) is 2.73. The standard InChI is InChI=1S/C13H14N2O2S/c1-8-11(12(17)15-13(14-8)18-2)7-9-3-5-10(16)6-4-9/h3-6,16H,7H2,1-2H3,(H,14,15,17). The van der Waals surface area contributed by atoms with Crippen LogP contribution in [0.25, 0.3) is 0 Å². The largest absolute Gasteiger partial charge is 0.508 e. The van der Waals surface area contributed by atoms with E-state index in [-0.39, 0.29) is 11.3 Å². The summed E-state index contributed by atoms with van der Waals surface area (Å²) in [6, 6.07) is 6.83. The van der Waals surface area contributed by atoms with Crippen molar-refractivity contribution in [2.75, 3.05) is 6.26 Å². The van der Waals surface area contributed by atoms with Crippen molar-refractivity contribution in [2.24, 2.45) is 0 Å². The molecule has 1 heterocycles. The SMILES string of the molecule is CSc1nc(C)c(Cc2ccc(O)cc2)c(=O)[nH]1. The number of aryl methyl sites for hydroxylation is 1. The summed E-state index contributed by atoms with van der Waals surface area (Å²) in [5.74, 6) is 0.222. The van der Waals surface area contributed by atoms with Gasteiger partial charge in [-0.3, -0.25) is 4.79 Å². The molecule has 0 aliphatic rings. The molecule has 0 spiro atoms. The van der Waals surface area contributed by atoms with Gasteiger partial charge in [0, 0.05) is 17.7 Å². The molecule has 0 saturated heterocycles. The number of thioether (sulfide) groups is 1. The van der Waals surface area contributed by atoms with E-state index in [1.54, 1.807) is 24.3 Å². The number of H-pyrrole nitrogens is 1. The topological polar surface area (TPSA) is 66.0 Å². The molecule has 0 bridgehead atoms. The fraction of sp³-hybridized carbons (Fsp3) is 0.231. The Balaban J connectivity index is 2.35. The van der Waals surface area contributed by atoms with Gasteiger partial charge in [0.15, 0.2) is 5.16 Å². The molecule has 5 heteroatoms. The smallest absolute Gasteiger partial charge is 0.255 e. The number of benzene rings is 1.